The molecule has 2 aliphatic carbocycles. The van der Waals surface area contributed by atoms with Gasteiger partial charge < -0.3 is 10.0 Å². The number of rotatable bonds is 2. The number of fused-ring (bicyclic) bond motifs is 1. The summed E-state index contributed by atoms with van der Waals surface area (Å²) in [5.41, 5.74) is -0.493. The van der Waals surface area contributed by atoms with Crippen LogP contribution in [0.4, 0.5) is 8.78 Å². The zero-order valence-corrected chi connectivity index (χ0v) is 7.93. The zero-order valence-electron chi connectivity index (χ0n) is 7.93. The molecule has 0 aliphatic heterocycles. The van der Waals surface area contributed by atoms with E-state index in [1.807, 2.05) is 4.90 Å². The number of aliphatic hydroxyl groups excluding tert-OH is 1. The molecule has 1 N–H and O–H groups in total. The molecular weight excluding hydrogens is 176 g/mol. The minimum Gasteiger partial charge on any atom is -0.396 e. The molecule has 0 saturated heterocycles. The first-order chi connectivity index (χ1) is 5.94. The Morgan fingerprint density at radius 2 is 2.00 bits per heavy atom. The quantitative estimate of drug-likeness (QED) is 0.702. The zero-order chi connectivity index (χ0) is 9.85. The van der Waals surface area contributed by atoms with E-state index in [0.717, 1.165) is 0 Å². The minimum atomic E-state index is -2.56. The summed E-state index contributed by atoms with van der Waals surface area (Å²) in [5.74, 6) is -3.13. The Hall–Kier alpha value is -0.220. The van der Waals surface area contributed by atoms with Gasteiger partial charge in [0.15, 0.2) is 0 Å². The Kier molecular flexibility index (Phi) is 1.74. The Morgan fingerprint density at radius 1 is 1.38 bits per heavy atom. The summed E-state index contributed by atoms with van der Waals surface area (Å²) in [7, 11) is 3.61. The summed E-state index contributed by atoms with van der Waals surface area (Å²) >= 11 is 0. The molecule has 0 bridgehead atoms. The molecule has 0 aromatic carbocycles. The number of hydrogen-bond acceptors (Lipinski definition) is 2. The summed E-state index contributed by atoms with van der Waals surface area (Å²) in [6.07, 6.45) is 0.393. The predicted molar refractivity (Wildman–Crippen MR) is 44.7 cm³/mol. The van der Waals surface area contributed by atoms with E-state index in [1.165, 1.54) is 0 Å². The Balaban J connectivity index is 2.23. The first-order valence-electron chi connectivity index (χ1n) is 4.59. The van der Waals surface area contributed by atoms with Crippen LogP contribution in [0.15, 0.2) is 0 Å². The van der Waals surface area contributed by atoms with Gasteiger partial charge in [-0.25, -0.2) is 8.78 Å². The Labute approximate surface area is 76.5 Å². The van der Waals surface area contributed by atoms with Gasteiger partial charge in [0.2, 0.25) is 0 Å². The molecule has 2 nitrogen and oxygen atoms in total. The van der Waals surface area contributed by atoms with Gasteiger partial charge in [-0.1, -0.05) is 0 Å². The summed E-state index contributed by atoms with van der Waals surface area (Å²) in [6.45, 7) is -0.101. The average molecular weight is 191 g/mol. The van der Waals surface area contributed by atoms with Crippen LogP contribution >= 0.6 is 0 Å². The fraction of sp³-hybridized carbons (Fsp3) is 1.00. The molecule has 2 aliphatic rings. The van der Waals surface area contributed by atoms with Crippen molar-refractivity contribution in [3.63, 3.8) is 0 Å². The second-order valence-corrected chi connectivity index (χ2v) is 4.59. The first-order valence-corrected chi connectivity index (χ1v) is 4.59. The largest absolute Gasteiger partial charge is 0.396 e. The molecule has 0 amide bonds. The SMILES string of the molecule is CN(C)C1CC(F)(F)C2CC12CO. The molecule has 2 saturated carbocycles. The van der Waals surface area contributed by atoms with E-state index >= 15 is 0 Å². The lowest BCUT2D eigenvalue weighted by molar-refractivity contribution is -0.0223. The standard InChI is InChI=1S/C9H15F2NO/c1-12(2)7-4-9(10,11)6-3-8(6,7)5-13/h6-7,13H,3-5H2,1-2H3. The molecular formula is C9H15F2NO. The summed E-state index contributed by atoms with van der Waals surface area (Å²) in [6, 6.07) is -0.155. The van der Waals surface area contributed by atoms with E-state index in [1.54, 1.807) is 14.1 Å². The van der Waals surface area contributed by atoms with E-state index in [0.29, 0.717) is 6.42 Å². The van der Waals surface area contributed by atoms with Gasteiger partial charge in [0, 0.05) is 23.8 Å². The molecule has 2 fully saturated rings. The van der Waals surface area contributed by atoms with Crippen molar-refractivity contribution >= 4 is 0 Å². The fourth-order valence-electron chi connectivity index (χ4n) is 2.84. The summed E-state index contributed by atoms with van der Waals surface area (Å²) in [4.78, 5) is 1.82. The van der Waals surface area contributed by atoms with E-state index < -0.39 is 17.3 Å². The van der Waals surface area contributed by atoms with Gasteiger partial charge in [0.25, 0.3) is 5.92 Å². The molecule has 76 valence electrons. The van der Waals surface area contributed by atoms with Crippen LogP contribution in [0.5, 0.6) is 0 Å². The molecule has 0 heterocycles. The van der Waals surface area contributed by atoms with Gasteiger partial charge in [-0.05, 0) is 20.5 Å². The van der Waals surface area contributed by atoms with Crippen molar-refractivity contribution in [2.24, 2.45) is 11.3 Å². The van der Waals surface area contributed by atoms with Crippen molar-refractivity contribution in [1.82, 2.24) is 4.90 Å². The van der Waals surface area contributed by atoms with Gasteiger partial charge in [0.1, 0.15) is 0 Å². The van der Waals surface area contributed by atoms with Crippen LogP contribution in [0.2, 0.25) is 0 Å². The lowest BCUT2D eigenvalue weighted by atomic mass is 9.98. The summed E-state index contributed by atoms with van der Waals surface area (Å²) in [5, 5.41) is 9.16. The van der Waals surface area contributed by atoms with E-state index in [2.05, 4.69) is 0 Å². The molecule has 0 spiro atoms. The number of hydrogen-bond donors (Lipinski definition) is 1. The highest BCUT2D eigenvalue weighted by atomic mass is 19.3. The Morgan fingerprint density at radius 3 is 2.31 bits per heavy atom. The molecule has 3 unspecified atom stereocenters. The van der Waals surface area contributed by atoms with Gasteiger partial charge >= 0.3 is 0 Å². The number of aliphatic hydroxyl groups is 1. The third kappa shape index (κ3) is 1.05. The van der Waals surface area contributed by atoms with Crippen LogP contribution < -0.4 is 0 Å². The third-order valence-corrected chi connectivity index (χ3v) is 3.67. The maximum atomic E-state index is 13.3. The van der Waals surface area contributed by atoms with Crippen molar-refractivity contribution in [2.45, 2.75) is 24.8 Å². The van der Waals surface area contributed by atoms with Crippen molar-refractivity contribution in [1.29, 1.82) is 0 Å². The van der Waals surface area contributed by atoms with Crippen molar-refractivity contribution in [2.75, 3.05) is 20.7 Å². The van der Waals surface area contributed by atoms with E-state index in [9.17, 15) is 8.78 Å². The van der Waals surface area contributed by atoms with Gasteiger partial charge in [-0.3, -0.25) is 0 Å². The highest BCUT2D eigenvalue weighted by molar-refractivity contribution is 5.20. The van der Waals surface area contributed by atoms with Crippen molar-refractivity contribution < 1.29 is 13.9 Å². The monoisotopic (exact) mass is 191 g/mol. The van der Waals surface area contributed by atoms with Gasteiger partial charge in [-0.15, -0.1) is 0 Å². The van der Waals surface area contributed by atoms with Crippen LogP contribution in [0, 0.1) is 11.3 Å². The second kappa shape index (κ2) is 2.42. The molecule has 4 heteroatoms. The third-order valence-electron chi connectivity index (χ3n) is 3.67. The van der Waals surface area contributed by atoms with Crippen LogP contribution in [0.25, 0.3) is 0 Å². The molecule has 0 aromatic rings. The maximum absolute atomic E-state index is 13.3. The van der Waals surface area contributed by atoms with Gasteiger partial charge in [-0.2, -0.15) is 0 Å². The maximum Gasteiger partial charge on any atom is 0.253 e. The Bertz CT molecular complexity index is 232. The normalized spacial score (nSPS) is 46.6. The number of halogens is 2. The van der Waals surface area contributed by atoms with Crippen LogP contribution in [-0.2, 0) is 0 Å². The van der Waals surface area contributed by atoms with E-state index in [4.69, 9.17) is 5.11 Å². The van der Waals surface area contributed by atoms with Crippen LogP contribution in [-0.4, -0.2) is 42.7 Å². The topological polar surface area (TPSA) is 23.5 Å². The minimum absolute atomic E-state index is 0.0920. The highest BCUT2D eigenvalue weighted by Gasteiger charge is 2.75. The highest BCUT2D eigenvalue weighted by Crippen LogP contribution is 2.69. The average Bonchev–Trinajstić information content (AvgIpc) is 2.71. The van der Waals surface area contributed by atoms with E-state index in [-0.39, 0.29) is 19.1 Å². The summed E-state index contributed by atoms with van der Waals surface area (Å²) < 4.78 is 26.6. The van der Waals surface area contributed by atoms with Crippen LogP contribution in [0.1, 0.15) is 12.8 Å². The van der Waals surface area contributed by atoms with Crippen LogP contribution in [0.3, 0.4) is 0 Å². The molecule has 0 radical (unpaired) electrons. The smallest absolute Gasteiger partial charge is 0.253 e. The van der Waals surface area contributed by atoms with Crippen molar-refractivity contribution in [3.8, 4) is 0 Å². The molecule has 0 aromatic heterocycles. The van der Waals surface area contributed by atoms with Gasteiger partial charge in [0.05, 0.1) is 6.61 Å². The lowest BCUT2D eigenvalue weighted by Gasteiger charge is -2.27. The predicted octanol–water partition coefficient (Wildman–Crippen LogP) is 0.954. The molecule has 3 atom stereocenters. The fourth-order valence-corrected chi connectivity index (χ4v) is 2.84. The number of nitrogens with zero attached hydrogens (tertiary/aromatic N) is 1. The number of alkyl halides is 2. The lowest BCUT2D eigenvalue weighted by Crippen LogP contribution is -2.37. The molecule has 13 heavy (non-hydrogen) atoms. The molecule has 2 rings (SSSR count). The second-order valence-electron chi connectivity index (χ2n) is 4.59. The van der Waals surface area contributed by atoms with Crippen molar-refractivity contribution in [3.05, 3.63) is 0 Å². The first kappa shape index (κ1) is 9.34.